The van der Waals surface area contributed by atoms with Gasteiger partial charge in [-0.25, -0.2) is 0 Å². The molecule has 0 bridgehead atoms. The Kier molecular flexibility index (Phi) is 4.82. The molecule has 0 saturated heterocycles. The highest BCUT2D eigenvalue weighted by Gasteiger charge is 2.04. The van der Waals surface area contributed by atoms with E-state index in [2.05, 4.69) is 15.9 Å². The van der Waals surface area contributed by atoms with Crippen molar-refractivity contribution in [3.05, 3.63) is 58.1 Å². The number of rotatable bonds is 5. The standard InChI is InChI=1S/C15H16BrNO2/c1-18-15-7-6-11(8-13(15)16)10-19-14-5-3-2-4-12(14)9-17/h2-8H,9-10,17H2,1H3. The summed E-state index contributed by atoms with van der Waals surface area (Å²) >= 11 is 3.46. The number of nitrogens with two attached hydrogens (primary N) is 1. The van der Waals surface area contributed by atoms with E-state index in [0.29, 0.717) is 13.2 Å². The lowest BCUT2D eigenvalue weighted by molar-refractivity contribution is 0.302. The average Bonchev–Trinajstić information content (AvgIpc) is 2.45. The lowest BCUT2D eigenvalue weighted by atomic mass is 10.2. The van der Waals surface area contributed by atoms with E-state index < -0.39 is 0 Å². The van der Waals surface area contributed by atoms with Gasteiger partial charge in [-0.2, -0.15) is 0 Å². The lowest BCUT2D eigenvalue weighted by Crippen LogP contribution is -2.02. The van der Waals surface area contributed by atoms with E-state index in [1.54, 1.807) is 7.11 Å². The van der Waals surface area contributed by atoms with Gasteiger partial charge in [0.15, 0.2) is 0 Å². The first-order valence-electron chi connectivity index (χ1n) is 5.97. The van der Waals surface area contributed by atoms with Crippen LogP contribution in [0.15, 0.2) is 46.9 Å². The van der Waals surface area contributed by atoms with Gasteiger partial charge in [-0.15, -0.1) is 0 Å². The molecule has 0 aliphatic rings. The Morgan fingerprint density at radius 1 is 1.11 bits per heavy atom. The van der Waals surface area contributed by atoms with Crippen LogP contribution in [-0.4, -0.2) is 7.11 Å². The Morgan fingerprint density at radius 2 is 1.89 bits per heavy atom. The third kappa shape index (κ3) is 3.49. The van der Waals surface area contributed by atoms with Crippen LogP contribution in [0.1, 0.15) is 11.1 Å². The molecule has 2 aromatic carbocycles. The highest BCUT2D eigenvalue weighted by molar-refractivity contribution is 9.10. The molecule has 0 aliphatic carbocycles. The smallest absolute Gasteiger partial charge is 0.133 e. The van der Waals surface area contributed by atoms with Crippen molar-refractivity contribution in [2.45, 2.75) is 13.2 Å². The van der Waals surface area contributed by atoms with Crippen LogP contribution in [0.5, 0.6) is 11.5 Å². The van der Waals surface area contributed by atoms with Gasteiger partial charge >= 0.3 is 0 Å². The van der Waals surface area contributed by atoms with Gasteiger partial charge < -0.3 is 15.2 Å². The average molecular weight is 322 g/mol. The first-order valence-corrected chi connectivity index (χ1v) is 6.77. The highest BCUT2D eigenvalue weighted by Crippen LogP contribution is 2.26. The lowest BCUT2D eigenvalue weighted by Gasteiger charge is -2.11. The third-order valence-corrected chi connectivity index (χ3v) is 3.42. The molecule has 0 atom stereocenters. The molecule has 100 valence electrons. The maximum atomic E-state index is 5.80. The summed E-state index contributed by atoms with van der Waals surface area (Å²) in [5.41, 5.74) is 7.76. The van der Waals surface area contributed by atoms with Crippen molar-refractivity contribution in [1.82, 2.24) is 0 Å². The molecule has 0 heterocycles. The van der Waals surface area contributed by atoms with E-state index in [1.807, 2.05) is 42.5 Å². The summed E-state index contributed by atoms with van der Waals surface area (Å²) in [5.74, 6) is 1.64. The van der Waals surface area contributed by atoms with E-state index in [-0.39, 0.29) is 0 Å². The summed E-state index contributed by atoms with van der Waals surface area (Å²) in [4.78, 5) is 0. The summed E-state index contributed by atoms with van der Waals surface area (Å²) in [7, 11) is 1.65. The Hall–Kier alpha value is -1.52. The minimum absolute atomic E-state index is 0.475. The van der Waals surface area contributed by atoms with Gasteiger partial charge in [-0.1, -0.05) is 24.3 Å². The first-order chi connectivity index (χ1) is 9.24. The first kappa shape index (κ1) is 13.9. The Labute approximate surface area is 121 Å². The van der Waals surface area contributed by atoms with Crippen molar-refractivity contribution in [3.8, 4) is 11.5 Å². The molecule has 2 rings (SSSR count). The predicted molar refractivity (Wildman–Crippen MR) is 79.4 cm³/mol. The fraction of sp³-hybridized carbons (Fsp3) is 0.200. The molecule has 0 aromatic heterocycles. The van der Waals surface area contributed by atoms with Crippen molar-refractivity contribution in [2.75, 3.05) is 7.11 Å². The molecular weight excluding hydrogens is 306 g/mol. The second kappa shape index (κ2) is 6.59. The van der Waals surface area contributed by atoms with E-state index >= 15 is 0 Å². The quantitative estimate of drug-likeness (QED) is 0.916. The number of hydrogen-bond donors (Lipinski definition) is 1. The van der Waals surface area contributed by atoms with Crippen LogP contribution in [0.4, 0.5) is 0 Å². The summed E-state index contributed by atoms with van der Waals surface area (Å²) in [6.45, 7) is 0.974. The van der Waals surface area contributed by atoms with E-state index in [0.717, 1.165) is 27.1 Å². The minimum atomic E-state index is 0.475. The molecular formula is C15H16BrNO2. The predicted octanol–water partition coefficient (Wildman–Crippen LogP) is 3.50. The zero-order valence-electron chi connectivity index (χ0n) is 10.7. The van der Waals surface area contributed by atoms with Crippen LogP contribution in [0, 0.1) is 0 Å². The molecule has 0 aliphatic heterocycles. The van der Waals surface area contributed by atoms with Gasteiger partial charge in [0.1, 0.15) is 18.1 Å². The van der Waals surface area contributed by atoms with Crippen molar-refractivity contribution >= 4 is 15.9 Å². The number of hydrogen-bond acceptors (Lipinski definition) is 3. The zero-order chi connectivity index (χ0) is 13.7. The van der Waals surface area contributed by atoms with Crippen LogP contribution in [0.25, 0.3) is 0 Å². The summed E-state index contributed by atoms with van der Waals surface area (Å²) in [5, 5.41) is 0. The molecule has 0 fully saturated rings. The molecule has 0 amide bonds. The second-order valence-electron chi connectivity index (χ2n) is 4.07. The molecule has 2 aromatic rings. The summed E-state index contributed by atoms with van der Waals surface area (Å²) in [6.07, 6.45) is 0. The number of benzene rings is 2. The molecule has 0 saturated carbocycles. The summed E-state index contributed by atoms with van der Waals surface area (Å²) < 4.78 is 11.9. The normalized spacial score (nSPS) is 10.3. The van der Waals surface area contributed by atoms with Crippen LogP contribution in [0.3, 0.4) is 0 Å². The molecule has 0 radical (unpaired) electrons. The van der Waals surface area contributed by atoms with Gasteiger partial charge in [-0.3, -0.25) is 0 Å². The van der Waals surface area contributed by atoms with Crippen molar-refractivity contribution in [1.29, 1.82) is 0 Å². The van der Waals surface area contributed by atoms with Crippen LogP contribution in [-0.2, 0) is 13.2 Å². The number of halogens is 1. The van der Waals surface area contributed by atoms with Crippen LogP contribution >= 0.6 is 15.9 Å². The zero-order valence-corrected chi connectivity index (χ0v) is 12.3. The van der Waals surface area contributed by atoms with Crippen molar-refractivity contribution < 1.29 is 9.47 Å². The Balaban J connectivity index is 2.08. The second-order valence-corrected chi connectivity index (χ2v) is 4.92. The maximum Gasteiger partial charge on any atom is 0.133 e. The fourth-order valence-corrected chi connectivity index (χ4v) is 2.36. The monoisotopic (exact) mass is 321 g/mol. The van der Waals surface area contributed by atoms with E-state index in [9.17, 15) is 0 Å². The highest BCUT2D eigenvalue weighted by atomic mass is 79.9. The van der Waals surface area contributed by atoms with Crippen LogP contribution < -0.4 is 15.2 Å². The molecule has 3 nitrogen and oxygen atoms in total. The van der Waals surface area contributed by atoms with Gasteiger partial charge in [-0.05, 0) is 39.7 Å². The van der Waals surface area contributed by atoms with Crippen molar-refractivity contribution in [3.63, 3.8) is 0 Å². The van der Waals surface area contributed by atoms with Gasteiger partial charge in [0, 0.05) is 12.1 Å². The minimum Gasteiger partial charge on any atom is -0.496 e. The largest absolute Gasteiger partial charge is 0.496 e. The number of para-hydroxylation sites is 1. The van der Waals surface area contributed by atoms with Crippen molar-refractivity contribution in [2.24, 2.45) is 5.73 Å². The van der Waals surface area contributed by atoms with Gasteiger partial charge in [0.05, 0.1) is 11.6 Å². The third-order valence-electron chi connectivity index (χ3n) is 2.80. The topological polar surface area (TPSA) is 44.5 Å². The fourth-order valence-electron chi connectivity index (χ4n) is 1.77. The molecule has 4 heteroatoms. The SMILES string of the molecule is COc1ccc(COc2ccccc2CN)cc1Br. The molecule has 0 spiro atoms. The van der Waals surface area contributed by atoms with E-state index in [1.165, 1.54) is 0 Å². The Bertz CT molecular complexity index is 558. The molecule has 0 unspecified atom stereocenters. The van der Waals surface area contributed by atoms with Gasteiger partial charge in [0.2, 0.25) is 0 Å². The molecule has 2 N–H and O–H groups in total. The maximum absolute atomic E-state index is 5.80. The van der Waals surface area contributed by atoms with E-state index in [4.69, 9.17) is 15.2 Å². The van der Waals surface area contributed by atoms with Crippen LogP contribution in [0.2, 0.25) is 0 Å². The van der Waals surface area contributed by atoms with Gasteiger partial charge in [0.25, 0.3) is 0 Å². The molecule has 19 heavy (non-hydrogen) atoms. The Morgan fingerprint density at radius 3 is 2.58 bits per heavy atom. The summed E-state index contributed by atoms with van der Waals surface area (Å²) in [6, 6.07) is 13.7. The number of ether oxygens (including phenoxy) is 2. The number of methoxy groups -OCH3 is 1.